The number of pyridine rings is 1. The van der Waals surface area contributed by atoms with Crippen molar-refractivity contribution in [3.8, 4) is 5.75 Å². The highest BCUT2D eigenvalue weighted by Crippen LogP contribution is 2.35. The molecule has 1 amide bonds. The molecule has 1 aliphatic rings. The number of nitrogens with zero attached hydrogens (tertiary/aromatic N) is 3. The number of rotatable bonds is 2. The molecule has 1 aliphatic heterocycles. The first-order valence-corrected chi connectivity index (χ1v) is 7.89. The van der Waals surface area contributed by atoms with Gasteiger partial charge in [0.25, 0.3) is 5.91 Å². The molecule has 0 atom stereocenters. The van der Waals surface area contributed by atoms with E-state index in [0.717, 1.165) is 0 Å². The molecule has 0 unspecified atom stereocenters. The number of likely N-dealkylation sites (N-methyl/N-ethyl adjacent to an activating group) is 1. The van der Waals surface area contributed by atoms with Gasteiger partial charge < -0.3 is 5.11 Å². The lowest BCUT2D eigenvalue weighted by Crippen LogP contribution is -2.23. The lowest BCUT2D eigenvalue weighted by molar-refractivity contribution is -0.121. The van der Waals surface area contributed by atoms with E-state index in [1.54, 1.807) is 49.7 Å². The molecule has 1 fully saturated rings. The van der Waals surface area contributed by atoms with Gasteiger partial charge in [-0.25, -0.2) is 4.99 Å². The summed E-state index contributed by atoms with van der Waals surface area (Å²) >= 11 is 7.28. The lowest BCUT2D eigenvalue weighted by Gasteiger charge is -2.07. The van der Waals surface area contributed by atoms with Gasteiger partial charge >= 0.3 is 0 Å². The van der Waals surface area contributed by atoms with Gasteiger partial charge in [-0.05, 0) is 30.0 Å². The summed E-state index contributed by atoms with van der Waals surface area (Å²) < 4.78 is 0. The van der Waals surface area contributed by atoms with Gasteiger partial charge in [0.1, 0.15) is 5.75 Å². The first-order valence-electron chi connectivity index (χ1n) is 6.70. The number of amides is 1. The van der Waals surface area contributed by atoms with Gasteiger partial charge in [-0.15, -0.1) is 0 Å². The van der Waals surface area contributed by atoms with Crippen LogP contribution in [0.25, 0.3) is 6.08 Å². The van der Waals surface area contributed by atoms with Crippen LogP contribution >= 0.6 is 23.4 Å². The van der Waals surface area contributed by atoms with E-state index >= 15 is 0 Å². The van der Waals surface area contributed by atoms with Crippen molar-refractivity contribution in [1.82, 2.24) is 9.88 Å². The van der Waals surface area contributed by atoms with E-state index in [-0.39, 0.29) is 11.7 Å². The number of halogens is 1. The maximum atomic E-state index is 12.3. The molecule has 0 bridgehead atoms. The quantitative estimate of drug-likeness (QED) is 0.843. The molecule has 5 nitrogen and oxygen atoms in total. The van der Waals surface area contributed by atoms with Crippen LogP contribution in [0.4, 0.5) is 5.69 Å². The molecule has 3 rings (SSSR count). The van der Waals surface area contributed by atoms with Crippen LogP contribution in [0.2, 0.25) is 5.02 Å². The number of carbonyl (C=O) groups excluding carboxylic acids is 1. The van der Waals surface area contributed by atoms with E-state index in [1.165, 1.54) is 22.9 Å². The van der Waals surface area contributed by atoms with Crippen LogP contribution in [-0.2, 0) is 4.79 Å². The maximum absolute atomic E-state index is 12.3. The van der Waals surface area contributed by atoms with Gasteiger partial charge in [0.05, 0.1) is 15.6 Å². The summed E-state index contributed by atoms with van der Waals surface area (Å²) in [5.74, 6) is -0.0548. The second-order valence-corrected chi connectivity index (χ2v) is 6.17. The van der Waals surface area contributed by atoms with Crippen LogP contribution in [0.3, 0.4) is 0 Å². The van der Waals surface area contributed by atoms with E-state index in [4.69, 9.17) is 11.6 Å². The Bertz CT molecular complexity index is 836. The van der Waals surface area contributed by atoms with Crippen LogP contribution in [0.5, 0.6) is 5.75 Å². The standard InChI is InChI=1S/C16H12ClN3O2S/c1-20-15(22)14(8-10-4-2-3-5-13(10)21)23-16(20)19-12-6-7-18-9-11(12)17/h2-9,21H,1H3/b14-8-,19-16?. The zero-order chi connectivity index (χ0) is 16.4. The number of hydrogen-bond donors (Lipinski definition) is 1. The topological polar surface area (TPSA) is 65.8 Å². The Hall–Kier alpha value is -2.31. The summed E-state index contributed by atoms with van der Waals surface area (Å²) in [4.78, 5) is 22.6. The average molecular weight is 346 g/mol. The fourth-order valence-corrected chi connectivity index (χ4v) is 3.10. The number of aliphatic imine (C=N–C) groups is 1. The number of aromatic nitrogens is 1. The van der Waals surface area contributed by atoms with E-state index in [0.29, 0.717) is 26.3 Å². The second-order valence-electron chi connectivity index (χ2n) is 4.76. The highest BCUT2D eigenvalue weighted by Gasteiger charge is 2.30. The van der Waals surface area contributed by atoms with Gasteiger partial charge in [-0.2, -0.15) is 0 Å². The largest absolute Gasteiger partial charge is 0.507 e. The van der Waals surface area contributed by atoms with E-state index in [9.17, 15) is 9.90 Å². The summed E-state index contributed by atoms with van der Waals surface area (Å²) in [6.45, 7) is 0. The molecule has 2 aromatic rings. The number of phenolic OH excluding ortho intramolecular Hbond substituents is 1. The van der Waals surface area contributed by atoms with Crippen molar-refractivity contribution >= 4 is 46.2 Å². The molecule has 1 aromatic carbocycles. The minimum absolute atomic E-state index is 0.124. The summed E-state index contributed by atoms with van der Waals surface area (Å²) in [7, 11) is 1.65. The number of benzene rings is 1. The Morgan fingerprint density at radius 1 is 1.35 bits per heavy atom. The monoisotopic (exact) mass is 345 g/mol. The van der Waals surface area contributed by atoms with Gasteiger partial charge in [0.2, 0.25) is 0 Å². The summed E-state index contributed by atoms with van der Waals surface area (Å²) in [5.41, 5.74) is 1.13. The van der Waals surface area contributed by atoms with Crippen molar-refractivity contribution in [2.45, 2.75) is 0 Å². The van der Waals surface area contributed by atoms with Crippen LogP contribution in [-0.4, -0.2) is 33.1 Å². The van der Waals surface area contributed by atoms with Crippen LogP contribution < -0.4 is 0 Å². The van der Waals surface area contributed by atoms with E-state index < -0.39 is 0 Å². The van der Waals surface area contributed by atoms with E-state index in [2.05, 4.69) is 9.98 Å². The Labute approximate surface area is 142 Å². The van der Waals surface area contributed by atoms with Crippen molar-refractivity contribution in [1.29, 1.82) is 0 Å². The fraction of sp³-hybridized carbons (Fsp3) is 0.0625. The lowest BCUT2D eigenvalue weighted by atomic mass is 10.2. The summed E-state index contributed by atoms with van der Waals surface area (Å²) in [6.07, 6.45) is 4.74. The summed E-state index contributed by atoms with van der Waals surface area (Å²) in [5, 5.41) is 10.8. The molecular formula is C16H12ClN3O2S. The highest BCUT2D eigenvalue weighted by molar-refractivity contribution is 8.18. The molecule has 1 saturated heterocycles. The van der Waals surface area contributed by atoms with Gasteiger partial charge in [-0.3, -0.25) is 14.7 Å². The molecule has 116 valence electrons. The first kappa shape index (κ1) is 15.6. The third-order valence-electron chi connectivity index (χ3n) is 3.19. The van der Waals surface area contributed by atoms with E-state index in [1.807, 2.05) is 0 Å². The molecule has 0 radical (unpaired) electrons. The van der Waals surface area contributed by atoms with Gasteiger partial charge in [0, 0.05) is 25.0 Å². The third-order valence-corrected chi connectivity index (χ3v) is 4.55. The number of amidine groups is 1. The Balaban J connectivity index is 1.95. The molecule has 0 aliphatic carbocycles. The SMILES string of the molecule is CN1C(=O)/C(=C/c2ccccc2O)SC1=Nc1ccncc1Cl. The smallest absolute Gasteiger partial charge is 0.266 e. The number of aromatic hydroxyl groups is 1. The fourth-order valence-electron chi connectivity index (χ4n) is 1.96. The molecule has 0 saturated carbocycles. The summed E-state index contributed by atoms with van der Waals surface area (Å²) in [6, 6.07) is 8.52. The predicted molar refractivity (Wildman–Crippen MR) is 92.8 cm³/mol. The molecule has 1 aromatic heterocycles. The third kappa shape index (κ3) is 3.23. The molecule has 1 N–H and O–H groups in total. The zero-order valence-corrected chi connectivity index (χ0v) is 13.7. The van der Waals surface area contributed by atoms with Crippen molar-refractivity contribution in [2.75, 3.05) is 7.05 Å². The number of carbonyl (C=O) groups is 1. The number of hydrogen-bond acceptors (Lipinski definition) is 5. The van der Waals surface area contributed by atoms with Crippen molar-refractivity contribution < 1.29 is 9.90 Å². The average Bonchev–Trinajstić information content (AvgIpc) is 2.80. The second kappa shape index (κ2) is 6.44. The van der Waals surface area contributed by atoms with Gasteiger partial charge in [-0.1, -0.05) is 29.8 Å². The number of thioether (sulfide) groups is 1. The van der Waals surface area contributed by atoms with Crippen molar-refractivity contribution in [2.24, 2.45) is 4.99 Å². The zero-order valence-electron chi connectivity index (χ0n) is 12.1. The molecule has 7 heteroatoms. The first-order chi connectivity index (χ1) is 11.1. The predicted octanol–water partition coefficient (Wildman–Crippen LogP) is 3.67. The number of phenols is 1. The van der Waals surface area contributed by atoms with Crippen molar-refractivity contribution in [3.05, 3.63) is 58.2 Å². The van der Waals surface area contributed by atoms with Crippen LogP contribution in [0, 0.1) is 0 Å². The van der Waals surface area contributed by atoms with Crippen LogP contribution in [0.1, 0.15) is 5.56 Å². The Kier molecular flexibility index (Phi) is 4.36. The van der Waals surface area contributed by atoms with Crippen LogP contribution in [0.15, 0.2) is 52.6 Å². The highest BCUT2D eigenvalue weighted by atomic mass is 35.5. The normalized spacial score (nSPS) is 18.2. The minimum Gasteiger partial charge on any atom is -0.507 e. The number of para-hydroxylation sites is 1. The minimum atomic E-state index is -0.179. The molecule has 2 heterocycles. The van der Waals surface area contributed by atoms with Crippen molar-refractivity contribution in [3.63, 3.8) is 0 Å². The maximum Gasteiger partial charge on any atom is 0.266 e. The molecule has 23 heavy (non-hydrogen) atoms. The Morgan fingerprint density at radius 2 is 2.13 bits per heavy atom. The Morgan fingerprint density at radius 3 is 2.87 bits per heavy atom. The molecule has 0 spiro atoms. The molecular weight excluding hydrogens is 334 g/mol. The van der Waals surface area contributed by atoms with Gasteiger partial charge in [0.15, 0.2) is 5.17 Å².